The van der Waals surface area contributed by atoms with Crippen LogP contribution in [0.1, 0.15) is 11.1 Å². The average Bonchev–Trinajstić information content (AvgIpc) is 2.56. The van der Waals surface area contributed by atoms with Crippen LogP contribution in [0.2, 0.25) is 0 Å². The highest BCUT2D eigenvalue weighted by molar-refractivity contribution is 5.79. The monoisotopic (exact) mass is 297 g/mol. The Kier molecular flexibility index (Phi) is 5.77. The normalized spacial score (nSPS) is 11.1. The molecule has 0 bridgehead atoms. The van der Waals surface area contributed by atoms with Crippen LogP contribution >= 0.6 is 0 Å². The van der Waals surface area contributed by atoms with Crippen molar-refractivity contribution in [3.05, 3.63) is 59.8 Å². The van der Waals surface area contributed by atoms with Crippen LogP contribution in [-0.4, -0.2) is 32.1 Å². The fourth-order valence-corrected chi connectivity index (χ4v) is 2.15. The highest BCUT2D eigenvalue weighted by Gasteiger charge is 2.06. The molecule has 1 aromatic carbocycles. The van der Waals surface area contributed by atoms with E-state index in [1.54, 1.807) is 13.2 Å². The van der Waals surface area contributed by atoms with Crippen LogP contribution in [0.15, 0.2) is 53.7 Å². The fourth-order valence-electron chi connectivity index (χ4n) is 2.15. The second kappa shape index (κ2) is 8.02. The Hall–Kier alpha value is -2.56. The molecule has 5 heteroatoms. The molecule has 2 rings (SSSR count). The van der Waals surface area contributed by atoms with E-state index in [-0.39, 0.29) is 0 Å². The minimum atomic E-state index is 0.676. The standard InChI is InChI=1S/C17H23N5/c1-18-17(20-12-14-8-5-4-6-9-14)21-13-15-10-7-11-19-16(15)22(2)3/h4-11H,12-13H2,1-3H3,(H2,18,20,21). The van der Waals surface area contributed by atoms with Crippen molar-refractivity contribution >= 4 is 11.8 Å². The molecule has 0 amide bonds. The highest BCUT2D eigenvalue weighted by atomic mass is 15.2. The lowest BCUT2D eigenvalue weighted by Gasteiger charge is -2.17. The van der Waals surface area contributed by atoms with Crippen LogP contribution < -0.4 is 15.5 Å². The number of rotatable bonds is 5. The maximum atomic E-state index is 4.40. The number of hydrogen-bond acceptors (Lipinski definition) is 3. The van der Waals surface area contributed by atoms with E-state index in [9.17, 15) is 0 Å². The van der Waals surface area contributed by atoms with Crippen LogP contribution in [0.4, 0.5) is 5.82 Å². The van der Waals surface area contributed by atoms with E-state index in [2.05, 4.69) is 38.8 Å². The molecule has 1 aromatic heterocycles. The number of aromatic nitrogens is 1. The molecule has 0 spiro atoms. The third-order valence-electron chi connectivity index (χ3n) is 3.26. The number of hydrogen-bond donors (Lipinski definition) is 2. The molecule has 0 aliphatic carbocycles. The number of guanidine groups is 1. The van der Waals surface area contributed by atoms with Gasteiger partial charge in [-0.25, -0.2) is 4.98 Å². The summed E-state index contributed by atoms with van der Waals surface area (Å²) >= 11 is 0. The van der Waals surface area contributed by atoms with Crippen LogP contribution in [0.3, 0.4) is 0 Å². The first-order valence-corrected chi connectivity index (χ1v) is 7.30. The van der Waals surface area contributed by atoms with Gasteiger partial charge in [0.2, 0.25) is 0 Å². The maximum absolute atomic E-state index is 4.40. The summed E-state index contributed by atoms with van der Waals surface area (Å²) in [4.78, 5) is 10.7. The van der Waals surface area contributed by atoms with Crippen molar-refractivity contribution in [3.63, 3.8) is 0 Å². The lowest BCUT2D eigenvalue weighted by Crippen LogP contribution is -2.36. The predicted octanol–water partition coefficient (Wildman–Crippen LogP) is 2.01. The van der Waals surface area contributed by atoms with E-state index in [4.69, 9.17) is 0 Å². The van der Waals surface area contributed by atoms with Crippen LogP contribution in [-0.2, 0) is 13.1 Å². The molecule has 2 N–H and O–H groups in total. The summed E-state index contributed by atoms with van der Waals surface area (Å²) in [6, 6.07) is 14.3. The van der Waals surface area contributed by atoms with E-state index in [0.29, 0.717) is 6.54 Å². The first-order valence-electron chi connectivity index (χ1n) is 7.30. The molecular weight excluding hydrogens is 274 g/mol. The molecule has 0 fully saturated rings. The van der Waals surface area contributed by atoms with E-state index in [1.807, 2.05) is 43.3 Å². The minimum Gasteiger partial charge on any atom is -0.362 e. The van der Waals surface area contributed by atoms with Crippen molar-refractivity contribution in [1.82, 2.24) is 15.6 Å². The third kappa shape index (κ3) is 4.48. The predicted molar refractivity (Wildman–Crippen MR) is 92.0 cm³/mol. The first-order chi connectivity index (χ1) is 10.7. The van der Waals surface area contributed by atoms with Gasteiger partial charge < -0.3 is 15.5 Å². The zero-order valence-electron chi connectivity index (χ0n) is 13.4. The van der Waals surface area contributed by atoms with E-state index in [1.165, 1.54) is 5.56 Å². The van der Waals surface area contributed by atoms with Crippen molar-refractivity contribution < 1.29 is 0 Å². The molecular formula is C17H23N5. The Labute approximate surface area is 132 Å². The summed E-state index contributed by atoms with van der Waals surface area (Å²) in [6.07, 6.45) is 1.81. The molecule has 0 saturated heterocycles. The molecule has 2 aromatic rings. The molecule has 1 heterocycles. The molecule has 0 unspecified atom stereocenters. The van der Waals surface area contributed by atoms with Crippen molar-refractivity contribution in [2.75, 3.05) is 26.0 Å². The molecule has 0 radical (unpaired) electrons. The van der Waals surface area contributed by atoms with Crippen LogP contribution in [0, 0.1) is 0 Å². The third-order valence-corrected chi connectivity index (χ3v) is 3.26. The number of pyridine rings is 1. The molecule has 0 aliphatic rings. The Morgan fingerprint density at radius 2 is 1.77 bits per heavy atom. The van der Waals surface area contributed by atoms with Gasteiger partial charge in [-0.1, -0.05) is 36.4 Å². The van der Waals surface area contributed by atoms with Crippen molar-refractivity contribution in [2.24, 2.45) is 4.99 Å². The zero-order valence-corrected chi connectivity index (χ0v) is 13.4. The number of aliphatic imine (C=N–C) groups is 1. The van der Waals surface area contributed by atoms with Gasteiger partial charge >= 0.3 is 0 Å². The Morgan fingerprint density at radius 1 is 1.05 bits per heavy atom. The minimum absolute atomic E-state index is 0.676. The maximum Gasteiger partial charge on any atom is 0.191 e. The topological polar surface area (TPSA) is 52.6 Å². The number of anilines is 1. The molecule has 0 aliphatic heterocycles. The van der Waals surface area contributed by atoms with Gasteiger partial charge in [0.25, 0.3) is 0 Å². The van der Waals surface area contributed by atoms with E-state index in [0.717, 1.165) is 23.9 Å². The Morgan fingerprint density at radius 3 is 2.45 bits per heavy atom. The SMILES string of the molecule is CN=C(NCc1ccccc1)NCc1cccnc1N(C)C. The number of nitrogens with one attached hydrogen (secondary N) is 2. The molecule has 0 saturated carbocycles. The van der Waals surface area contributed by atoms with Gasteiger partial charge in [-0.05, 0) is 11.6 Å². The van der Waals surface area contributed by atoms with Crippen molar-refractivity contribution in [2.45, 2.75) is 13.1 Å². The van der Waals surface area contributed by atoms with Gasteiger partial charge in [0.1, 0.15) is 5.82 Å². The van der Waals surface area contributed by atoms with E-state index < -0.39 is 0 Å². The molecule has 5 nitrogen and oxygen atoms in total. The van der Waals surface area contributed by atoms with E-state index >= 15 is 0 Å². The number of nitrogens with zero attached hydrogens (tertiary/aromatic N) is 3. The van der Waals surface area contributed by atoms with Gasteiger partial charge in [0.05, 0.1) is 0 Å². The smallest absolute Gasteiger partial charge is 0.191 e. The Bertz CT molecular complexity index is 607. The van der Waals surface area contributed by atoms with Crippen molar-refractivity contribution in [1.29, 1.82) is 0 Å². The molecule has 0 atom stereocenters. The van der Waals surface area contributed by atoms with Gasteiger partial charge in [-0.15, -0.1) is 0 Å². The average molecular weight is 297 g/mol. The molecule has 116 valence electrons. The van der Waals surface area contributed by atoms with Gasteiger partial charge in [0, 0.05) is 46.0 Å². The summed E-state index contributed by atoms with van der Waals surface area (Å²) in [6.45, 7) is 1.42. The number of benzene rings is 1. The zero-order chi connectivity index (χ0) is 15.8. The fraction of sp³-hybridized carbons (Fsp3) is 0.294. The van der Waals surface area contributed by atoms with Crippen LogP contribution in [0.5, 0.6) is 0 Å². The summed E-state index contributed by atoms with van der Waals surface area (Å²) in [5, 5.41) is 6.63. The van der Waals surface area contributed by atoms with Crippen LogP contribution in [0.25, 0.3) is 0 Å². The molecule has 22 heavy (non-hydrogen) atoms. The largest absolute Gasteiger partial charge is 0.362 e. The second-order valence-electron chi connectivity index (χ2n) is 5.15. The summed E-state index contributed by atoms with van der Waals surface area (Å²) < 4.78 is 0. The van der Waals surface area contributed by atoms with Gasteiger partial charge in [-0.2, -0.15) is 0 Å². The van der Waals surface area contributed by atoms with Gasteiger partial charge in [-0.3, -0.25) is 4.99 Å². The Balaban J connectivity index is 1.92. The second-order valence-corrected chi connectivity index (χ2v) is 5.15. The lowest BCUT2D eigenvalue weighted by atomic mass is 10.2. The first kappa shape index (κ1) is 15.8. The van der Waals surface area contributed by atoms with Gasteiger partial charge in [0.15, 0.2) is 5.96 Å². The lowest BCUT2D eigenvalue weighted by molar-refractivity contribution is 0.804. The highest BCUT2D eigenvalue weighted by Crippen LogP contribution is 2.13. The summed E-state index contributed by atoms with van der Waals surface area (Å²) in [5.74, 6) is 1.74. The summed E-state index contributed by atoms with van der Waals surface area (Å²) in [7, 11) is 5.76. The quantitative estimate of drug-likeness (QED) is 0.655. The van der Waals surface area contributed by atoms with Crippen molar-refractivity contribution in [3.8, 4) is 0 Å². The summed E-state index contributed by atoms with van der Waals surface area (Å²) in [5.41, 5.74) is 2.36.